The molecule has 1 aromatic carbocycles. The Hall–Kier alpha value is -2.21. The maximum Gasteiger partial charge on any atom is 0.335 e. The molecule has 3 N–H and O–H groups in total. The first kappa shape index (κ1) is 12.3. The number of nitrogens with zero attached hydrogens (tertiary/aromatic N) is 1. The number of carbonyl (C=O) groups is 2. The summed E-state index contributed by atoms with van der Waals surface area (Å²) in [5, 5.41) is 19.8. The number of aliphatic carboxylic acids is 2. The first-order valence-electron chi connectivity index (χ1n) is 4.98. The Morgan fingerprint density at radius 2 is 1.83 bits per heavy atom. The first-order chi connectivity index (χ1) is 8.50. The first-order valence-corrected chi connectivity index (χ1v) is 5.35. The van der Waals surface area contributed by atoms with Crippen LogP contribution in [-0.2, 0) is 9.59 Å². The van der Waals surface area contributed by atoms with E-state index in [2.05, 4.69) is 5.43 Å². The maximum absolute atomic E-state index is 11.2. The van der Waals surface area contributed by atoms with Crippen LogP contribution in [0.5, 0.6) is 0 Å². The summed E-state index contributed by atoms with van der Waals surface area (Å²) in [6.07, 6.45) is 1.16. The van der Waals surface area contributed by atoms with Crippen molar-refractivity contribution in [1.82, 2.24) is 5.43 Å². The highest BCUT2D eigenvalue weighted by Gasteiger charge is 2.37. The molecule has 94 valence electrons. The Morgan fingerprint density at radius 3 is 2.33 bits per heavy atom. The number of hydrogen-bond acceptors (Lipinski definition) is 4. The van der Waals surface area contributed by atoms with E-state index in [9.17, 15) is 9.59 Å². The monoisotopic (exact) mass is 268 g/mol. The number of carboxylic acids is 2. The molecule has 0 aromatic heterocycles. The van der Waals surface area contributed by atoms with E-state index in [1.807, 2.05) is 0 Å². The number of nitrogens with one attached hydrogen (secondary N) is 1. The van der Waals surface area contributed by atoms with Crippen molar-refractivity contribution in [2.75, 3.05) is 5.01 Å². The van der Waals surface area contributed by atoms with Gasteiger partial charge >= 0.3 is 11.9 Å². The van der Waals surface area contributed by atoms with Gasteiger partial charge in [-0.2, -0.15) is 0 Å². The van der Waals surface area contributed by atoms with E-state index in [-0.39, 0.29) is 5.57 Å². The maximum atomic E-state index is 11.2. The summed E-state index contributed by atoms with van der Waals surface area (Å²) in [6, 6.07) is 5.11. The standard InChI is InChI=1S/C11H9ClN2O4/c12-6-1-3-7(4-2-6)14-9(11(17)18)8(5-13-14)10(15)16/h1-5,9,13H,(H,15,16)(H,17,18). The minimum atomic E-state index is -1.27. The van der Waals surface area contributed by atoms with Crippen molar-refractivity contribution in [3.8, 4) is 0 Å². The van der Waals surface area contributed by atoms with Crippen LogP contribution in [0.2, 0.25) is 5.02 Å². The second-order valence-electron chi connectivity index (χ2n) is 3.62. The lowest BCUT2D eigenvalue weighted by atomic mass is 10.1. The third-order valence-corrected chi connectivity index (χ3v) is 2.75. The van der Waals surface area contributed by atoms with Crippen LogP contribution < -0.4 is 10.4 Å². The third-order valence-electron chi connectivity index (χ3n) is 2.50. The van der Waals surface area contributed by atoms with E-state index in [0.29, 0.717) is 10.7 Å². The van der Waals surface area contributed by atoms with Crippen LogP contribution in [0.15, 0.2) is 36.0 Å². The van der Waals surface area contributed by atoms with Gasteiger partial charge in [0.05, 0.1) is 11.3 Å². The van der Waals surface area contributed by atoms with Crippen LogP contribution in [0.3, 0.4) is 0 Å². The van der Waals surface area contributed by atoms with Gasteiger partial charge in [-0.05, 0) is 24.3 Å². The number of hydrogen-bond donors (Lipinski definition) is 3. The van der Waals surface area contributed by atoms with Gasteiger partial charge in [0.15, 0.2) is 6.04 Å². The predicted octanol–water partition coefficient (Wildman–Crippen LogP) is 1.09. The molecule has 0 spiro atoms. The Balaban J connectivity index is 2.33. The van der Waals surface area contributed by atoms with E-state index in [0.717, 1.165) is 6.20 Å². The van der Waals surface area contributed by atoms with Gasteiger partial charge in [-0.1, -0.05) is 11.6 Å². The Bertz CT molecular complexity index is 526. The predicted molar refractivity (Wildman–Crippen MR) is 64.2 cm³/mol. The van der Waals surface area contributed by atoms with Crippen LogP contribution >= 0.6 is 11.6 Å². The normalized spacial score (nSPS) is 18.2. The van der Waals surface area contributed by atoms with Crippen molar-refractivity contribution in [3.63, 3.8) is 0 Å². The highest BCUT2D eigenvalue weighted by molar-refractivity contribution is 6.30. The molecule has 1 aliphatic heterocycles. The molecule has 6 nitrogen and oxygen atoms in total. The topological polar surface area (TPSA) is 89.9 Å². The van der Waals surface area contributed by atoms with Crippen LogP contribution in [0.1, 0.15) is 0 Å². The SMILES string of the molecule is O=C(O)C1=CNN(c2ccc(Cl)cc2)C1C(=O)O. The zero-order valence-electron chi connectivity index (χ0n) is 9.00. The molecule has 0 saturated carbocycles. The summed E-state index contributed by atoms with van der Waals surface area (Å²) in [5.41, 5.74) is 2.91. The molecule has 1 unspecified atom stereocenters. The van der Waals surface area contributed by atoms with E-state index in [1.165, 1.54) is 5.01 Å². The van der Waals surface area contributed by atoms with Crippen LogP contribution in [0, 0.1) is 0 Å². The smallest absolute Gasteiger partial charge is 0.335 e. The fraction of sp³-hybridized carbons (Fsp3) is 0.0909. The van der Waals surface area contributed by atoms with Crippen molar-refractivity contribution >= 4 is 29.2 Å². The number of carboxylic acid groups (broad SMARTS) is 2. The van der Waals surface area contributed by atoms with Gasteiger partial charge < -0.3 is 15.6 Å². The van der Waals surface area contributed by atoms with E-state index >= 15 is 0 Å². The zero-order chi connectivity index (χ0) is 13.3. The molecule has 1 aromatic rings. The lowest BCUT2D eigenvalue weighted by Crippen LogP contribution is -2.44. The van der Waals surface area contributed by atoms with Crippen LogP contribution in [-0.4, -0.2) is 28.2 Å². The zero-order valence-corrected chi connectivity index (χ0v) is 9.76. The summed E-state index contributed by atoms with van der Waals surface area (Å²) in [5.74, 6) is -2.52. The van der Waals surface area contributed by atoms with Crippen LogP contribution in [0.25, 0.3) is 0 Å². The lowest BCUT2D eigenvalue weighted by molar-refractivity contribution is -0.140. The Morgan fingerprint density at radius 1 is 1.22 bits per heavy atom. The molecule has 1 heterocycles. The lowest BCUT2D eigenvalue weighted by Gasteiger charge is -2.24. The minimum absolute atomic E-state index is 0.225. The van der Waals surface area contributed by atoms with Gasteiger partial charge in [0.1, 0.15) is 0 Å². The molecule has 0 bridgehead atoms. The van der Waals surface area contributed by atoms with Crippen molar-refractivity contribution in [2.24, 2.45) is 0 Å². The van der Waals surface area contributed by atoms with Crippen LogP contribution in [0.4, 0.5) is 5.69 Å². The summed E-state index contributed by atoms with van der Waals surface area (Å²) in [4.78, 5) is 22.1. The molecule has 0 aliphatic carbocycles. The van der Waals surface area contributed by atoms with E-state index < -0.39 is 18.0 Å². The van der Waals surface area contributed by atoms with Gasteiger partial charge in [0.25, 0.3) is 0 Å². The number of rotatable bonds is 3. The second kappa shape index (κ2) is 4.58. The highest BCUT2D eigenvalue weighted by atomic mass is 35.5. The fourth-order valence-corrected chi connectivity index (χ4v) is 1.81. The number of anilines is 1. The molecule has 0 saturated heterocycles. The molecule has 0 radical (unpaired) electrons. The fourth-order valence-electron chi connectivity index (χ4n) is 1.68. The molecular formula is C11H9ClN2O4. The second-order valence-corrected chi connectivity index (χ2v) is 4.06. The average Bonchev–Trinajstić information content (AvgIpc) is 2.74. The van der Waals surface area contributed by atoms with E-state index in [4.69, 9.17) is 21.8 Å². The summed E-state index contributed by atoms with van der Waals surface area (Å²) >= 11 is 5.73. The third kappa shape index (κ3) is 2.10. The van der Waals surface area contributed by atoms with E-state index in [1.54, 1.807) is 24.3 Å². The number of hydrazine groups is 1. The Labute approximate surface area is 107 Å². The van der Waals surface area contributed by atoms with Crippen molar-refractivity contribution in [3.05, 3.63) is 41.1 Å². The molecule has 1 aliphatic rings. The summed E-state index contributed by atoms with van der Waals surface area (Å²) < 4.78 is 0. The number of benzene rings is 1. The highest BCUT2D eigenvalue weighted by Crippen LogP contribution is 2.24. The van der Waals surface area contributed by atoms with Gasteiger partial charge in [0.2, 0.25) is 0 Å². The minimum Gasteiger partial charge on any atom is -0.479 e. The average molecular weight is 269 g/mol. The number of halogens is 1. The van der Waals surface area contributed by atoms with Crippen molar-refractivity contribution < 1.29 is 19.8 Å². The van der Waals surface area contributed by atoms with Crippen molar-refractivity contribution in [1.29, 1.82) is 0 Å². The molecule has 7 heteroatoms. The molecule has 2 rings (SSSR count). The largest absolute Gasteiger partial charge is 0.479 e. The van der Waals surface area contributed by atoms with Gasteiger partial charge in [-0.25, -0.2) is 9.59 Å². The quantitative estimate of drug-likeness (QED) is 0.760. The molecule has 0 amide bonds. The molecular weight excluding hydrogens is 260 g/mol. The molecule has 18 heavy (non-hydrogen) atoms. The van der Waals surface area contributed by atoms with Gasteiger partial charge in [-0.3, -0.25) is 5.01 Å². The molecule has 1 atom stereocenters. The summed E-state index contributed by atoms with van der Waals surface area (Å²) in [7, 11) is 0. The Kier molecular flexibility index (Phi) is 3.12. The van der Waals surface area contributed by atoms with Crippen molar-refractivity contribution in [2.45, 2.75) is 6.04 Å². The summed E-state index contributed by atoms with van der Waals surface area (Å²) in [6.45, 7) is 0. The molecule has 0 fully saturated rings. The van der Waals surface area contributed by atoms with Gasteiger partial charge in [-0.15, -0.1) is 0 Å². The van der Waals surface area contributed by atoms with Gasteiger partial charge in [0, 0.05) is 11.2 Å².